The number of amidine groups is 1. The minimum absolute atomic E-state index is 0.258. The van der Waals surface area contributed by atoms with Crippen molar-refractivity contribution in [3.63, 3.8) is 0 Å². The Kier molecular flexibility index (Phi) is 7.64. The number of benzene rings is 2. The third-order valence-electron chi connectivity index (χ3n) is 4.03. The van der Waals surface area contributed by atoms with E-state index < -0.39 is 5.91 Å². The molecule has 0 saturated carbocycles. The van der Waals surface area contributed by atoms with Crippen molar-refractivity contribution in [3.8, 4) is 11.5 Å². The maximum absolute atomic E-state index is 12.4. The van der Waals surface area contributed by atoms with E-state index in [0.29, 0.717) is 48.9 Å². The average Bonchev–Trinajstić information content (AvgIpc) is 3.03. The van der Waals surface area contributed by atoms with E-state index in [4.69, 9.17) is 26.8 Å². The number of hydrogen-bond acceptors (Lipinski definition) is 6. The molecule has 2 aromatic rings. The Balaban J connectivity index is 1.88. The molecule has 2 aromatic carbocycles. The topological polar surface area (TPSA) is 103 Å². The fourth-order valence-electron chi connectivity index (χ4n) is 2.66. The van der Waals surface area contributed by atoms with Crippen LogP contribution in [0.25, 0.3) is 6.08 Å². The van der Waals surface area contributed by atoms with Crippen molar-refractivity contribution in [2.45, 2.75) is 13.8 Å². The molecule has 0 aromatic heterocycles. The Morgan fingerprint density at radius 1 is 1.32 bits per heavy atom. The molecule has 1 aliphatic heterocycles. The van der Waals surface area contributed by atoms with Crippen LogP contribution in [-0.4, -0.2) is 30.2 Å². The molecule has 1 heterocycles. The predicted molar refractivity (Wildman–Crippen MR) is 127 cm³/mol. The van der Waals surface area contributed by atoms with Crippen molar-refractivity contribution in [1.82, 2.24) is 5.32 Å². The van der Waals surface area contributed by atoms with Crippen LogP contribution < -0.4 is 20.5 Å². The van der Waals surface area contributed by atoms with Gasteiger partial charge in [0.15, 0.2) is 23.3 Å². The molecule has 0 spiro atoms. The highest BCUT2D eigenvalue weighted by atomic mass is 79.9. The molecule has 0 radical (unpaired) electrons. The Morgan fingerprint density at radius 2 is 2.10 bits per heavy atom. The number of halogens is 2. The number of carbonyl (C=O) groups excluding carboxylic acids is 2. The van der Waals surface area contributed by atoms with Crippen LogP contribution in [0, 0.1) is 6.92 Å². The summed E-state index contributed by atoms with van der Waals surface area (Å²) in [6, 6.07) is 8.89. The summed E-state index contributed by atoms with van der Waals surface area (Å²) in [5.41, 5.74) is 7.50. The molecule has 0 atom stereocenters. The van der Waals surface area contributed by atoms with Crippen molar-refractivity contribution in [2.75, 3.05) is 13.2 Å². The number of nitrogens with two attached hydrogens (primary N) is 1. The summed E-state index contributed by atoms with van der Waals surface area (Å²) in [5.74, 6) is -0.0604. The van der Waals surface area contributed by atoms with E-state index in [0.717, 1.165) is 5.56 Å². The Bertz CT molecular complexity index is 1100. The summed E-state index contributed by atoms with van der Waals surface area (Å²) < 4.78 is 11.6. The summed E-state index contributed by atoms with van der Waals surface area (Å²) in [5, 5.41) is 3.80. The third kappa shape index (κ3) is 6.03. The second-order valence-corrected chi connectivity index (χ2v) is 8.75. The molecule has 162 valence electrons. The number of carbonyl (C=O) groups is 2. The molecule has 3 N–H and O–H groups in total. The van der Waals surface area contributed by atoms with Crippen molar-refractivity contribution in [2.24, 2.45) is 10.7 Å². The number of aryl methyl sites for hydroxylation is 1. The molecule has 10 heteroatoms. The lowest BCUT2D eigenvalue weighted by molar-refractivity contribution is -0.120. The smallest absolute Gasteiger partial charge is 0.264 e. The van der Waals surface area contributed by atoms with Crippen molar-refractivity contribution < 1.29 is 19.1 Å². The van der Waals surface area contributed by atoms with Gasteiger partial charge in [0, 0.05) is 5.02 Å². The van der Waals surface area contributed by atoms with Crippen LogP contribution >= 0.6 is 39.3 Å². The molecule has 1 saturated heterocycles. The first-order valence-electron chi connectivity index (χ1n) is 9.20. The van der Waals surface area contributed by atoms with Gasteiger partial charge in [0.2, 0.25) is 0 Å². The zero-order valence-electron chi connectivity index (χ0n) is 16.7. The highest BCUT2D eigenvalue weighted by molar-refractivity contribution is 9.10. The summed E-state index contributed by atoms with van der Waals surface area (Å²) in [6.07, 6.45) is 1.72. The highest BCUT2D eigenvalue weighted by Gasteiger charge is 2.24. The Morgan fingerprint density at radius 3 is 2.81 bits per heavy atom. The van der Waals surface area contributed by atoms with Gasteiger partial charge >= 0.3 is 0 Å². The first-order valence-corrected chi connectivity index (χ1v) is 11.2. The maximum Gasteiger partial charge on any atom is 0.264 e. The Hall–Kier alpha value is -2.49. The first-order chi connectivity index (χ1) is 14.8. The van der Waals surface area contributed by atoms with Gasteiger partial charge in [0.1, 0.15) is 0 Å². The Labute approximate surface area is 197 Å². The SMILES string of the molecule is CCOc1cc(/C=C2\SC(=Nc3cc(Cl)ccc3C)NC2=O)cc(Br)c1OCC(N)=O. The number of amides is 2. The summed E-state index contributed by atoms with van der Waals surface area (Å²) in [6.45, 7) is 3.87. The van der Waals surface area contributed by atoms with Crippen LogP contribution in [0.2, 0.25) is 5.02 Å². The molecule has 0 aliphatic carbocycles. The van der Waals surface area contributed by atoms with Crippen LogP contribution in [0.15, 0.2) is 44.7 Å². The minimum atomic E-state index is -0.596. The van der Waals surface area contributed by atoms with E-state index >= 15 is 0 Å². The van der Waals surface area contributed by atoms with Crippen LogP contribution in [0.4, 0.5) is 5.69 Å². The van der Waals surface area contributed by atoms with E-state index in [1.807, 2.05) is 19.9 Å². The molecular formula is C21H19BrClN3O4S. The van der Waals surface area contributed by atoms with Gasteiger partial charge in [-0.15, -0.1) is 0 Å². The van der Waals surface area contributed by atoms with E-state index in [2.05, 4.69) is 26.2 Å². The lowest BCUT2D eigenvalue weighted by Gasteiger charge is -2.13. The van der Waals surface area contributed by atoms with Crippen LogP contribution in [0.1, 0.15) is 18.1 Å². The number of nitrogens with one attached hydrogen (secondary N) is 1. The number of aliphatic imine (C=N–C) groups is 1. The maximum atomic E-state index is 12.4. The number of nitrogens with zero attached hydrogens (tertiary/aromatic N) is 1. The molecule has 2 amide bonds. The fraction of sp³-hybridized carbons (Fsp3) is 0.190. The van der Waals surface area contributed by atoms with Gasteiger partial charge < -0.3 is 20.5 Å². The molecule has 1 aliphatic rings. The molecule has 7 nitrogen and oxygen atoms in total. The first kappa shape index (κ1) is 23.2. The standard InChI is InChI=1S/C21H19BrClN3O4S/c1-3-29-16-7-12(6-14(22)19(16)30-10-18(24)27)8-17-20(28)26-21(31-17)25-15-9-13(23)5-4-11(15)2/h4-9H,3,10H2,1-2H3,(H2,24,27)(H,25,26,28)/b17-8-. The van der Waals surface area contributed by atoms with Crippen LogP contribution in [0.5, 0.6) is 11.5 Å². The van der Waals surface area contributed by atoms with Gasteiger partial charge in [0.05, 0.1) is 21.7 Å². The molecule has 31 heavy (non-hydrogen) atoms. The van der Waals surface area contributed by atoms with Crippen LogP contribution in [-0.2, 0) is 9.59 Å². The summed E-state index contributed by atoms with van der Waals surface area (Å²) in [7, 11) is 0. The van der Waals surface area contributed by atoms with E-state index in [9.17, 15) is 9.59 Å². The third-order valence-corrected chi connectivity index (χ3v) is 5.77. The van der Waals surface area contributed by atoms with E-state index in [1.165, 1.54) is 11.8 Å². The fourth-order valence-corrected chi connectivity index (χ4v) is 4.24. The second-order valence-electron chi connectivity index (χ2n) is 6.43. The number of primary amides is 1. The van der Waals surface area contributed by atoms with Gasteiger partial charge in [-0.05, 0) is 83.0 Å². The van der Waals surface area contributed by atoms with Gasteiger partial charge in [0.25, 0.3) is 11.8 Å². The monoisotopic (exact) mass is 523 g/mol. The molecular weight excluding hydrogens is 506 g/mol. The molecule has 0 unspecified atom stereocenters. The molecule has 0 bridgehead atoms. The number of hydrogen-bond donors (Lipinski definition) is 2. The van der Waals surface area contributed by atoms with Crippen LogP contribution in [0.3, 0.4) is 0 Å². The molecule has 1 fully saturated rings. The summed E-state index contributed by atoms with van der Waals surface area (Å²) in [4.78, 5) is 28.5. The molecule has 3 rings (SSSR count). The quantitative estimate of drug-likeness (QED) is 0.517. The lowest BCUT2D eigenvalue weighted by Crippen LogP contribution is -2.20. The minimum Gasteiger partial charge on any atom is -0.490 e. The largest absolute Gasteiger partial charge is 0.490 e. The normalized spacial score (nSPS) is 15.9. The van der Waals surface area contributed by atoms with Gasteiger partial charge in [-0.25, -0.2) is 4.99 Å². The lowest BCUT2D eigenvalue weighted by atomic mass is 10.2. The number of ether oxygens (including phenoxy) is 2. The van der Waals surface area contributed by atoms with Crippen molar-refractivity contribution >= 4 is 68.0 Å². The van der Waals surface area contributed by atoms with Gasteiger partial charge in [-0.1, -0.05) is 17.7 Å². The zero-order chi connectivity index (χ0) is 22.5. The highest BCUT2D eigenvalue weighted by Crippen LogP contribution is 2.38. The van der Waals surface area contributed by atoms with Gasteiger partial charge in [-0.2, -0.15) is 0 Å². The predicted octanol–water partition coefficient (Wildman–Crippen LogP) is 4.57. The zero-order valence-corrected chi connectivity index (χ0v) is 19.9. The average molecular weight is 525 g/mol. The van der Waals surface area contributed by atoms with E-state index in [-0.39, 0.29) is 12.5 Å². The van der Waals surface area contributed by atoms with E-state index in [1.54, 1.807) is 30.3 Å². The summed E-state index contributed by atoms with van der Waals surface area (Å²) >= 11 is 10.7. The second kappa shape index (κ2) is 10.2. The number of rotatable bonds is 7. The number of thioether (sulfide) groups is 1. The van der Waals surface area contributed by atoms with Crippen molar-refractivity contribution in [3.05, 3.63) is 55.9 Å². The van der Waals surface area contributed by atoms with Crippen molar-refractivity contribution in [1.29, 1.82) is 0 Å². The van der Waals surface area contributed by atoms with Gasteiger partial charge in [-0.3, -0.25) is 9.59 Å².